The average Bonchev–Trinajstić information content (AvgIpc) is 2.43. The third kappa shape index (κ3) is 3.96. The van der Waals surface area contributed by atoms with E-state index in [1.54, 1.807) is 0 Å². The summed E-state index contributed by atoms with van der Waals surface area (Å²) in [6, 6.07) is 8.55. The molecule has 0 unspecified atom stereocenters. The number of hydrogen-bond donors (Lipinski definition) is 2. The second-order valence-electron chi connectivity index (χ2n) is 6.03. The Morgan fingerprint density at radius 1 is 1.40 bits per heavy atom. The zero-order valence-electron chi connectivity index (χ0n) is 13.1. The quantitative estimate of drug-likeness (QED) is 0.836. The first kappa shape index (κ1) is 16.5. The lowest BCUT2D eigenvalue weighted by atomic mass is 10.0. The average molecular weight is 275 g/mol. The molecule has 0 heterocycles. The van der Waals surface area contributed by atoms with Crippen molar-refractivity contribution >= 4 is 5.69 Å². The van der Waals surface area contributed by atoms with Gasteiger partial charge < -0.3 is 15.3 Å². The van der Waals surface area contributed by atoms with Crippen LogP contribution in [-0.4, -0.2) is 30.3 Å². The van der Waals surface area contributed by atoms with Gasteiger partial charge in [0.15, 0.2) is 0 Å². The predicted octanol–water partition coefficient (Wildman–Crippen LogP) is 2.26. The van der Waals surface area contributed by atoms with Crippen molar-refractivity contribution in [1.29, 1.82) is 5.26 Å². The van der Waals surface area contributed by atoms with Crippen molar-refractivity contribution in [3.05, 3.63) is 29.3 Å². The van der Waals surface area contributed by atoms with E-state index in [0.29, 0.717) is 11.6 Å². The number of benzene rings is 1. The van der Waals surface area contributed by atoms with E-state index < -0.39 is 5.54 Å². The Hall–Kier alpha value is -1.57. The molecule has 0 amide bonds. The van der Waals surface area contributed by atoms with Gasteiger partial charge in [0.1, 0.15) is 6.07 Å². The molecule has 20 heavy (non-hydrogen) atoms. The highest BCUT2D eigenvalue weighted by atomic mass is 16.3. The molecule has 110 valence electrons. The molecule has 0 spiro atoms. The van der Waals surface area contributed by atoms with Crippen LogP contribution < -0.4 is 10.2 Å². The van der Waals surface area contributed by atoms with Gasteiger partial charge in [-0.05, 0) is 31.5 Å². The van der Waals surface area contributed by atoms with Gasteiger partial charge in [-0.3, -0.25) is 0 Å². The molecule has 4 nitrogen and oxygen atoms in total. The van der Waals surface area contributed by atoms with Gasteiger partial charge in [0.25, 0.3) is 0 Å². The maximum atomic E-state index is 9.45. The van der Waals surface area contributed by atoms with Gasteiger partial charge in [0.05, 0.1) is 23.4 Å². The van der Waals surface area contributed by atoms with E-state index in [4.69, 9.17) is 0 Å². The summed E-state index contributed by atoms with van der Waals surface area (Å²) in [5.41, 5.74) is 2.18. The minimum atomic E-state index is -0.400. The Kier molecular flexibility index (Phi) is 5.55. The van der Waals surface area contributed by atoms with E-state index in [-0.39, 0.29) is 6.61 Å². The lowest BCUT2D eigenvalue weighted by Crippen LogP contribution is -2.44. The van der Waals surface area contributed by atoms with Crippen LogP contribution in [0.3, 0.4) is 0 Å². The highest BCUT2D eigenvalue weighted by Gasteiger charge is 2.24. The van der Waals surface area contributed by atoms with E-state index >= 15 is 0 Å². The molecular weight excluding hydrogens is 250 g/mol. The van der Waals surface area contributed by atoms with Crippen LogP contribution in [0.25, 0.3) is 0 Å². The Labute approximate surface area is 122 Å². The summed E-state index contributed by atoms with van der Waals surface area (Å²) < 4.78 is 0. The van der Waals surface area contributed by atoms with Crippen LogP contribution in [0, 0.1) is 11.3 Å². The first-order chi connectivity index (χ1) is 9.31. The topological polar surface area (TPSA) is 59.3 Å². The molecule has 0 aliphatic heterocycles. The molecule has 0 fully saturated rings. The van der Waals surface area contributed by atoms with E-state index in [1.807, 2.05) is 44.0 Å². The normalized spacial score (nSPS) is 11.5. The minimum Gasteiger partial charge on any atom is -0.394 e. The SMILES string of the molecule is CC(C)NCc1ccc(N(C)C(C)(C)CO)c(C#N)c1. The molecule has 4 heteroatoms. The van der Waals surface area contributed by atoms with Crippen molar-refractivity contribution in [3.63, 3.8) is 0 Å². The zero-order chi connectivity index (χ0) is 15.3. The standard InChI is InChI=1S/C16H25N3O/c1-12(2)18-10-13-6-7-15(14(8-13)9-17)19(5)16(3,4)11-20/h6-8,12,18,20H,10-11H2,1-5H3. The van der Waals surface area contributed by atoms with Crippen molar-refractivity contribution in [2.45, 2.75) is 45.8 Å². The molecule has 0 atom stereocenters. The lowest BCUT2D eigenvalue weighted by molar-refractivity contribution is 0.216. The van der Waals surface area contributed by atoms with Crippen molar-refractivity contribution in [2.75, 3.05) is 18.6 Å². The predicted molar refractivity (Wildman–Crippen MR) is 82.7 cm³/mol. The first-order valence-electron chi connectivity index (χ1n) is 6.93. The van der Waals surface area contributed by atoms with Gasteiger partial charge in [-0.25, -0.2) is 0 Å². The highest BCUT2D eigenvalue weighted by molar-refractivity contribution is 5.61. The van der Waals surface area contributed by atoms with Crippen LogP contribution >= 0.6 is 0 Å². The highest BCUT2D eigenvalue weighted by Crippen LogP contribution is 2.26. The van der Waals surface area contributed by atoms with E-state index in [9.17, 15) is 10.4 Å². The van der Waals surface area contributed by atoms with E-state index in [0.717, 1.165) is 17.8 Å². The molecule has 0 aliphatic carbocycles. The molecule has 1 aromatic rings. The molecule has 0 aliphatic rings. The molecule has 0 radical (unpaired) electrons. The van der Waals surface area contributed by atoms with Gasteiger partial charge in [-0.15, -0.1) is 0 Å². The zero-order valence-corrected chi connectivity index (χ0v) is 13.1. The second-order valence-corrected chi connectivity index (χ2v) is 6.03. The van der Waals surface area contributed by atoms with Crippen LogP contribution in [0.15, 0.2) is 18.2 Å². The third-order valence-electron chi connectivity index (χ3n) is 3.55. The maximum absolute atomic E-state index is 9.45. The summed E-state index contributed by atoms with van der Waals surface area (Å²) in [6.45, 7) is 8.86. The number of hydrogen-bond acceptors (Lipinski definition) is 4. The number of rotatable bonds is 6. The van der Waals surface area contributed by atoms with Crippen molar-refractivity contribution < 1.29 is 5.11 Å². The van der Waals surface area contributed by atoms with Gasteiger partial charge in [0.2, 0.25) is 0 Å². The fraction of sp³-hybridized carbons (Fsp3) is 0.562. The Balaban J connectivity index is 3.03. The van der Waals surface area contributed by atoms with Crippen LogP contribution in [0.4, 0.5) is 5.69 Å². The van der Waals surface area contributed by atoms with E-state index in [1.165, 1.54) is 0 Å². The van der Waals surface area contributed by atoms with Crippen LogP contribution in [0.5, 0.6) is 0 Å². The molecule has 0 saturated carbocycles. The number of aliphatic hydroxyl groups is 1. The van der Waals surface area contributed by atoms with Crippen molar-refractivity contribution in [1.82, 2.24) is 5.32 Å². The van der Waals surface area contributed by atoms with Crippen LogP contribution in [0.2, 0.25) is 0 Å². The summed E-state index contributed by atoms with van der Waals surface area (Å²) in [5, 5.41) is 22.1. The first-order valence-corrected chi connectivity index (χ1v) is 6.93. The number of aliphatic hydroxyl groups excluding tert-OH is 1. The molecule has 1 rings (SSSR count). The Bertz CT molecular complexity index is 489. The second kappa shape index (κ2) is 6.74. The van der Waals surface area contributed by atoms with Gasteiger partial charge in [-0.2, -0.15) is 5.26 Å². The number of nitrogens with zero attached hydrogens (tertiary/aromatic N) is 2. The summed E-state index contributed by atoms with van der Waals surface area (Å²) in [6.07, 6.45) is 0. The van der Waals surface area contributed by atoms with Gasteiger partial charge in [0, 0.05) is 19.6 Å². The molecule has 2 N–H and O–H groups in total. The monoisotopic (exact) mass is 275 g/mol. The third-order valence-corrected chi connectivity index (χ3v) is 3.55. The summed E-state index contributed by atoms with van der Waals surface area (Å²) >= 11 is 0. The fourth-order valence-corrected chi connectivity index (χ4v) is 1.83. The molecule has 0 aromatic heterocycles. The fourth-order valence-electron chi connectivity index (χ4n) is 1.83. The number of anilines is 1. The minimum absolute atomic E-state index is 0.0328. The molecule has 0 bridgehead atoms. The largest absolute Gasteiger partial charge is 0.394 e. The summed E-state index contributed by atoms with van der Waals surface area (Å²) in [7, 11) is 1.90. The number of likely N-dealkylation sites (N-methyl/N-ethyl adjacent to an activating group) is 1. The van der Waals surface area contributed by atoms with Crippen LogP contribution in [0.1, 0.15) is 38.8 Å². The van der Waals surface area contributed by atoms with Crippen LogP contribution in [-0.2, 0) is 6.54 Å². The smallest absolute Gasteiger partial charge is 0.101 e. The number of nitriles is 1. The van der Waals surface area contributed by atoms with Crippen molar-refractivity contribution in [3.8, 4) is 6.07 Å². The van der Waals surface area contributed by atoms with E-state index in [2.05, 4.69) is 25.2 Å². The van der Waals surface area contributed by atoms with Gasteiger partial charge >= 0.3 is 0 Å². The van der Waals surface area contributed by atoms with Gasteiger partial charge in [-0.1, -0.05) is 19.9 Å². The summed E-state index contributed by atoms with van der Waals surface area (Å²) in [5.74, 6) is 0. The lowest BCUT2D eigenvalue weighted by Gasteiger charge is -2.36. The maximum Gasteiger partial charge on any atom is 0.101 e. The summed E-state index contributed by atoms with van der Waals surface area (Å²) in [4.78, 5) is 1.95. The number of nitrogens with one attached hydrogen (secondary N) is 1. The molecule has 1 aromatic carbocycles. The molecule has 0 saturated heterocycles. The Morgan fingerprint density at radius 3 is 2.55 bits per heavy atom. The van der Waals surface area contributed by atoms with Crippen molar-refractivity contribution in [2.24, 2.45) is 0 Å². The molecular formula is C16H25N3O. The Morgan fingerprint density at radius 2 is 2.05 bits per heavy atom.